The molecule has 3 aromatic carbocycles. The van der Waals surface area contributed by atoms with E-state index in [1.54, 1.807) is 13.2 Å². The van der Waals surface area contributed by atoms with Crippen LogP contribution >= 0.6 is 0 Å². The summed E-state index contributed by atoms with van der Waals surface area (Å²) in [6.07, 6.45) is 1.79. The summed E-state index contributed by atoms with van der Waals surface area (Å²) in [5.74, 6) is 0.183. The van der Waals surface area contributed by atoms with Gasteiger partial charge in [-0.1, -0.05) is 18.2 Å². The number of amides is 2. The smallest absolute Gasteiger partial charge is 0.255 e. The predicted octanol–water partition coefficient (Wildman–Crippen LogP) is 4.48. The zero-order valence-electron chi connectivity index (χ0n) is 22.4. The van der Waals surface area contributed by atoms with Gasteiger partial charge in [0.1, 0.15) is 0 Å². The van der Waals surface area contributed by atoms with Gasteiger partial charge >= 0.3 is 0 Å². The zero-order chi connectivity index (χ0) is 27.4. The molecule has 1 aliphatic heterocycles. The van der Waals surface area contributed by atoms with E-state index in [0.29, 0.717) is 36.1 Å². The number of anilines is 3. The molecule has 0 atom stereocenters. The number of fused-ring (bicyclic) bond motifs is 1. The molecular weight excluding hydrogens is 492 g/mol. The average molecular weight is 525 g/mol. The van der Waals surface area contributed by atoms with Crippen LogP contribution in [0.15, 0.2) is 60.8 Å². The molecule has 0 radical (unpaired) electrons. The Hall–Kier alpha value is -4.34. The lowest BCUT2D eigenvalue weighted by atomic mass is 9.97. The fourth-order valence-electron chi connectivity index (χ4n) is 4.61. The number of hydrogen-bond acceptors (Lipinski definition) is 7. The highest BCUT2D eigenvalue weighted by molar-refractivity contribution is 6.08. The lowest BCUT2D eigenvalue weighted by molar-refractivity contribution is -0.118. The molecule has 39 heavy (non-hydrogen) atoms. The topological polar surface area (TPSA) is 108 Å². The number of aryl methyl sites for hydroxylation is 2. The van der Waals surface area contributed by atoms with Crippen molar-refractivity contribution in [2.45, 2.75) is 13.8 Å². The van der Waals surface area contributed by atoms with E-state index in [9.17, 15) is 9.59 Å². The summed E-state index contributed by atoms with van der Waals surface area (Å²) in [6.45, 7) is 6.94. The quantitative estimate of drug-likeness (QED) is 0.327. The average Bonchev–Trinajstić information content (AvgIpc) is 2.94. The minimum absolute atomic E-state index is 0.129. The number of morpholine rings is 1. The molecule has 0 bridgehead atoms. The first-order valence-electron chi connectivity index (χ1n) is 13.0. The predicted molar refractivity (Wildman–Crippen MR) is 154 cm³/mol. The van der Waals surface area contributed by atoms with E-state index in [2.05, 4.69) is 30.8 Å². The van der Waals surface area contributed by atoms with Gasteiger partial charge in [-0.3, -0.25) is 14.5 Å². The molecular formula is C30H32N6O3. The highest BCUT2D eigenvalue weighted by atomic mass is 16.5. The van der Waals surface area contributed by atoms with Crippen molar-refractivity contribution < 1.29 is 14.3 Å². The Morgan fingerprint density at radius 2 is 1.77 bits per heavy atom. The molecule has 9 heteroatoms. The summed E-state index contributed by atoms with van der Waals surface area (Å²) in [7, 11) is 1.79. The number of ether oxygens (including phenoxy) is 1. The highest BCUT2D eigenvalue weighted by Gasteiger charge is 2.17. The molecule has 2 heterocycles. The van der Waals surface area contributed by atoms with E-state index >= 15 is 0 Å². The van der Waals surface area contributed by atoms with Crippen molar-refractivity contribution in [3.63, 3.8) is 0 Å². The van der Waals surface area contributed by atoms with Gasteiger partial charge in [0.2, 0.25) is 11.9 Å². The van der Waals surface area contributed by atoms with Crippen LogP contribution in [0.3, 0.4) is 0 Å². The third-order valence-electron chi connectivity index (χ3n) is 6.78. The number of nitrogens with one attached hydrogen (secondary N) is 3. The molecule has 0 saturated carbocycles. The van der Waals surface area contributed by atoms with Crippen LogP contribution in [0.25, 0.3) is 22.0 Å². The SMILES string of the molecule is CNc1ncc2cc(-c3cc(C(=O)Nc4cc(C)ccc4NC(=O)CN4CCOCC4)ccc3C)ccc2n1. The number of rotatable bonds is 7. The van der Waals surface area contributed by atoms with Gasteiger partial charge in [-0.05, 0) is 72.5 Å². The third kappa shape index (κ3) is 6.22. The molecule has 0 aliphatic carbocycles. The van der Waals surface area contributed by atoms with Crippen LogP contribution < -0.4 is 16.0 Å². The largest absolute Gasteiger partial charge is 0.379 e. The van der Waals surface area contributed by atoms with Crippen molar-refractivity contribution in [1.29, 1.82) is 0 Å². The molecule has 0 unspecified atom stereocenters. The second-order valence-corrected chi connectivity index (χ2v) is 9.69. The van der Waals surface area contributed by atoms with Crippen molar-refractivity contribution in [3.8, 4) is 11.1 Å². The Kier molecular flexibility index (Phi) is 7.81. The zero-order valence-corrected chi connectivity index (χ0v) is 22.4. The Balaban J connectivity index is 1.36. The Morgan fingerprint density at radius 3 is 2.56 bits per heavy atom. The minimum Gasteiger partial charge on any atom is -0.379 e. The summed E-state index contributed by atoms with van der Waals surface area (Å²) in [5, 5.41) is 9.83. The number of benzene rings is 3. The van der Waals surface area contributed by atoms with Gasteiger partial charge in [-0.25, -0.2) is 9.97 Å². The van der Waals surface area contributed by atoms with Crippen LogP contribution in [-0.4, -0.2) is 66.6 Å². The molecule has 200 valence electrons. The standard InChI is InChI=1S/C30H32N6O3/c1-19-4-8-26(33-28(37)18-36-10-12-39-13-11-36)27(14-19)34-29(38)22-6-5-20(2)24(16-22)21-7-9-25-23(15-21)17-32-30(31-3)35-25/h4-9,14-17H,10-13,18H2,1-3H3,(H,33,37)(H,34,38)(H,31,32,35). The molecule has 1 aromatic heterocycles. The fraction of sp³-hybridized carbons (Fsp3) is 0.267. The summed E-state index contributed by atoms with van der Waals surface area (Å²) < 4.78 is 5.36. The normalized spacial score (nSPS) is 13.7. The molecule has 3 N–H and O–H groups in total. The molecule has 0 spiro atoms. The lowest BCUT2D eigenvalue weighted by Gasteiger charge is -2.26. The molecule has 5 rings (SSSR count). The molecule has 1 fully saturated rings. The van der Waals surface area contributed by atoms with Crippen LogP contribution in [0.1, 0.15) is 21.5 Å². The van der Waals surface area contributed by atoms with Crippen molar-refractivity contribution in [2.75, 3.05) is 55.8 Å². The second-order valence-electron chi connectivity index (χ2n) is 9.69. The van der Waals surface area contributed by atoms with Gasteiger partial charge in [0.25, 0.3) is 5.91 Å². The number of hydrogen-bond donors (Lipinski definition) is 3. The van der Waals surface area contributed by atoms with E-state index in [1.807, 2.05) is 68.4 Å². The Labute approximate surface area is 227 Å². The van der Waals surface area contributed by atoms with Crippen molar-refractivity contribution in [3.05, 3.63) is 77.5 Å². The van der Waals surface area contributed by atoms with Gasteiger partial charge in [0.15, 0.2) is 0 Å². The van der Waals surface area contributed by atoms with E-state index in [4.69, 9.17) is 4.74 Å². The van der Waals surface area contributed by atoms with E-state index < -0.39 is 0 Å². The van der Waals surface area contributed by atoms with E-state index in [-0.39, 0.29) is 18.4 Å². The Bertz CT molecular complexity index is 1530. The second kappa shape index (κ2) is 11.6. The van der Waals surface area contributed by atoms with Crippen LogP contribution in [0.2, 0.25) is 0 Å². The monoisotopic (exact) mass is 524 g/mol. The van der Waals surface area contributed by atoms with Crippen LogP contribution in [0, 0.1) is 13.8 Å². The molecule has 9 nitrogen and oxygen atoms in total. The number of aromatic nitrogens is 2. The maximum absolute atomic E-state index is 13.4. The van der Waals surface area contributed by atoms with Gasteiger partial charge in [-0.2, -0.15) is 0 Å². The number of carbonyl (C=O) groups excluding carboxylic acids is 2. The summed E-state index contributed by atoms with van der Waals surface area (Å²) >= 11 is 0. The van der Waals surface area contributed by atoms with Gasteiger partial charge in [0, 0.05) is 37.3 Å². The Morgan fingerprint density at radius 1 is 0.949 bits per heavy atom. The molecule has 1 aliphatic rings. The summed E-state index contributed by atoms with van der Waals surface area (Å²) in [6, 6.07) is 17.2. The van der Waals surface area contributed by atoms with Crippen molar-refractivity contribution >= 4 is 40.0 Å². The van der Waals surface area contributed by atoms with Crippen molar-refractivity contribution in [2.24, 2.45) is 0 Å². The van der Waals surface area contributed by atoms with Crippen LogP contribution in [-0.2, 0) is 9.53 Å². The first kappa shape index (κ1) is 26.3. The van der Waals surface area contributed by atoms with Gasteiger partial charge < -0.3 is 20.7 Å². The number of nitrogens with zero attached hydrogens (tertiary/aromatic N) is 3. The molecule has 1 saturated heterocycles. The first-order valence-corrected chi connectivity index (χ1v) is 13.0. The first-order chi connectivity index (χ1) is 18.9. The van der Waals surface area contributed by atoms with Crippen molar-refractivity contribution in [1.82, 2.24) is 14.9 Å². The summed E-state index contributed by atoms with van der Waals surface area (Å²) in [5.41, 5.74) is 6.42. The maximum Gasteiger partial charge on any atom is 0.255 e. The highest BCUT2D eigenvalue weighted by Crippen LogP contribution is 2.29. The van der Waals surface area contributed by atoms with Crippen LogP contribution in [0.5, 0.6) is 0 Å². The third-order valence-corrected chi connectivity index (χ3v) is 6.78. The van der Waals surface area contributed by atoms with Gasteiger partial charge in [-0.15, -0.1) is 0 Å². The molecule has 2 amide bonds. The lowest BCUT2D eigenvalue weighted by Crippen LogP contribution is -2.41. The summed E-state index contributed by atoms with van der Waals surface area (Å²) in [4.78, 5) is 37.0. The number of carbonyl (C=O) groups is 2. The molecule has 4 aromatic rings. The minimum atomic E-state index is -0.256. The maximum atomic E-state index is 13.4. The van der Waals surface area contributed by atoms with Crippen LogP contribution in [0.4, 0.5) is 17.3 Å². The van der Waals surface area contributed by atoms with E-state index in [1.165, 1.54) is 0 Å². The van der Waals surface area contributed by atoms with E-state index in [0.717, 1.165) is 46.2 Å². The fourth-order valence-corrected chi connectivity index (χ4v) is 4.61. The van der Waals surface area contributed by atoms with Gasteiger partial charge in [0.05, 0.1) is 36.6 Å².